The standard InChI is InChI=1S/C26H41N3/c1-20(2)14-18-29(19-15-21(3)4)17-9-16-27-26-22-10-5-7-12-24(22)28-25-13-8-6-11-23(25)26/h5,7,10,12,20-21H,6,8-9,11,13-19H2,1-4H3,(H,27,28). The zero-order chi connectivity index (χ0) is 20.6. The van der Waals surface area contributed by atoms with Crippen molar-refractivity contribution in [3.05, 3.63) is 35.5 Å². The number of benzene rings is 1. The molecular weight excluding hydrogens is 354 g/mol. The summed E-state index contributed by atoms with van der Waals surface area (Å²) in [6.07, 6.45) is 8.67. The Morgan fingerprint density at radius 1 is 0.931 bits per heavy atom. The van der Waals surface area contributed by atoms with Crippen LogP contribution in [0.2, 0.25) is 0 Å². The van der Waals surface area contributed by atoms with Crippen LogP contribution >= 0.6 is 0 Å². The lowest BCUT2D eigenvalue weighted by Gasteiger charge is -2.25. The predicted molar refractivity (Wildman–Crippen MR) is 127 cm³/mol. The predicted octanol–water partition coefficient (Wildman–Crippen LogP) is 6.31. The lowest BCUT2D eigenvalue weighted by atomic mass is 9.92. The van der Waals surface area contributed by atoms with E-state index < -0.39 is 0 Å². The topological polar surface area (TPSA) is 28.2 Å². The largest absolute Gasteiger partial charge is 0.384 e. The minimum absolute atomic E-state index is 0.782. The smallest absolute Gasteiger partial charge is 0.0726 e. The number of hydrogen-bond donors (Lipinski definition) is 1. The Labute approximate surface area is 178 Å². The van der Waals surface area contributed by atoms with Gasteiger partial charge in [-0.05, 0) is 88.0 Å². The molecule has 1 aliphatic rings. The molecule has 1 aliphatic carbocycles. The summed E-state index contributed by atoms with van der Waals surface area (Å²) in [5.41, 5.74) is 5.31. The summed E-state index contributed by atoms with van der Waals surface area (Å²) in [5.74, 6) is 1.56. The quantitative estimate of drug-likeness (QED) is 0.452. The molecule has 0 unspecified atom stereocenters. The molecule has 1 N–H and O–H groups in total. The van der Waals surface area contributed by atoms with E-state index in [9.17, 15) is 0 Å². The van der Waals surface area contributed by atoms with E-state index in [2.05, 4.69) is 62.2 Å². The first kappa shape index (κ1) is 22.1. The van der Waals surface area contributed by atoms with E-state index in [4.69, 9.17) is 4.98 Å². The highest BCUT2D eigenvalue weighted by Gasteiger charge is 2.18. The lowest BCUT2D eigenvalue weighted by Crippen LogP contribution is -2.30. The van der Waals surface area contributed by atoms with E-state index in [1.54, 1.807) is 0 Å². The van der Waals surface area contributed by atoms with E-state index in [0.29, 0.717) is 0 Å². The molecule has 1 aromatic carbocycles. The maximum atomic E-state index is 4.97. The fourth-order valence-electron chi connectivity index (χ4n) is 4.31. The van der Waals surface area contributed by atoms with Gasteiger partial charge in [-0.25, -0.2) is 0 Å². The molecule has 0 bridgehead atoms. The molecule has 1 heterocycles. The monoisotopic (exact) mass is 395 g/mol. The van der Waals surface area contributed by atoms with Crippen molar-refractivity contribution in [2.45, 2.75) is 72.6 Å². The molecular formula is C26H41N3. The number of pyridine rings is 1. The van der Waals surface area contributed by atoms with Crippen LogP contribution in [-0.4, -0.2) is 36.1 Å². The van der Waals surface area contributed by atoms with Crippen molar-refractivity contribution in [2.24, 2.45) is 11.8 Å². The third-order valence-electron chi connectivity index (χ3n) is 6.17. The number of nitrogens with zero attached hydrogens (tertiary/aromatic N) is 2. The second-order valence-corrected chi connectivity index (χ2v) is 9.62. The summed E-state index contributed by atoms with van der Waals surface area (Å²) in [4.78, 5) is 7.65. The Hall–Kier alpha value is -1.61. The SMILES string of the molecule is CC(C)CCN(CCCNc1c2c(nc3ccccc13)CCCC2)CCC(C)C. The van der Waals surface area contributed by atoms with Crippen molar-refractivity contribution >= 4 is 16.6 Å². The third kappa shape index (κ3) is 6.44. The van der Waals surface area contributed by atoms with E-state index >= 15 is 0 Å². The Morgan fingerprint density at radius 3 is 2.34 bits per heavy atom. The van der Waals surface area contributed by atoms with Crippen molar-refractivity contribution in [3.63, 3.8) is 0 Å². The van der Waals surface area contributed by atoms with Gasteiger partial charge in [0.25, 0.3) is 0 Å². The number of rotatable bonds is 11. The molecule has 0 radical (unpaired) electrons. The van der Waals surface area contributed by atoms with Gasteiger partial charge in [0.1, 0.15) is 0 Å². The summed E-state index contributed by atoms with van der Waals surface area (Å²) >= 11 is 0. The van der Waals surface area contributed by atoms with Crippen LogP contribution in [0.25, 0.3) is 10.9 Å². The second-order valence-electron chi connectivity index (χ2n) is 9.62. The summed E-state index contributed by atoms with van der Waals surface area (Å²) in [6, 6.07) is 8.64. The minimum atomic E-state index is 0.782. The van der Waals surface area contributed by atoms with Crippen LogP contribution < -0.4 is 5.32 Å². The molecule has 2 aromatic rings. The van der Waals surface area contributed by atoms with Gasteiger partial charge >= 0.3 is 0 Å². The first-order valence-corrected chi connectivity index (χ1v) is 11.9. The summed E-state index contributed by atoms with van der Waals surface area (Å²) < 4.78 is 0. The maximum absolute atomic E-state index is 4.97. The van der Waals surface area contributed by atoms with Crippen molar-refractivity contribution in [1.82, 2.24) is 9.88 Å². The van der Waals surface area contributed by atoms with Crippen molar-refractivity contribution < 1.29 is 0 Å². The van der Waals surface area contributed by atoms with Gasteiger partial charge in [-0.3, -0.25) is 4.98 Å². The molecule has 3 heteroatoms. The number of fused-ring (bicyclic) bond motifs is 2. The van der Waals surface area contributed by atoms with Crippen molar-refractivity contribution in [2.75, 3.05) is 31.5 Å². The third-order valence-corrected chi connectivity index (χ3v) is 6.17. The molecule has 0 aliphatic heterocycles. The number of nitrogens with one attached hydrogen (secondary N) is 1. The molecule has 0 saturated heterocycles. The molecule has 0 spiro atoms. The highest BCUT2D eigenvalue weighted by molar-refractivity contribution is 5.93. The zero-order valence-corrected chi connectivity index (χ0v) is 19.1. The second kappa shape index (κ2) is 11.0. The fourth-order valence-corrected chi connectivity index (χ4v) is 4.31. The van der Waals surface area contributed by atoms with Gasteiger partial charge in [0, 0.05) is 23.3 Å². The lowest BCUT2D eigenvalue weighted by molar-refractivity contribution is 0.243. The fraction of sp³-hybridized carbons (Fsp3) is 0.654. The van der Waals surface area contributed by atoms with Gasteiger partial charge in [-0.2, -0.15) is 0 Å². The van der Waals surface area contributed by atoms with Crippen LogP contribution in [0, 0.1) is 11.8 Å². The number of anilines is 1. The summed E-state index contributed by atoms with van der Waals surface area (Å²) in [5, 5.41) is 5.13. The van der Waals surface area contributed by atoms with E-state index in [1.165, 1.54) is 80.5 Å². The number of aromatic nitrogens is 1. The Balaban J connectivity index is 1.62. The zero-order valence-electron chi connectivity index (χ0n) is 19.1. The van der Waals surface area contributed by atoms with E-state index in [0.717, 1.165) is 30.3 Å². The van der Waals surface area contributed by atoms with Gasteiger partial charge in [-0.15, -0.1) is 0 Å². The molecule has 3 nitrogen and oxygen atoms in total. The number of para-hydroxylation sites is 1. The molecule has 0 amide bonds. The maximum Gasteiger partial charge on any atom is 0.0726 e. The summed E-state index contributed by atoms with van der Waals surface area (Å²) in [7, 11) is 0. The molecule has 29 heavy (non-hydrogen) atoms. The highest BCUT2D eigenvalue weighted by atomic mass is 15.1. The highest BCUT2D eigenvalue weighted by Crippen LogP contribution is 2.33. The van der Waals surface area contributed by atoms with Crippen molar-refractivity contribution in [1.29, 1.82) is 0 Å². The van der Waals surface area contributed by atoms with E-state index in [1.807, 2.05) is 0 Å². The molecule has 1 aromatic heterocycles. The average molecular weight is 396 g/mol. The number of aryl methyl sites for hydroxylation is 1. The van der Waals surface area contributed by atoms with Gasteiger partial charge in [0.15, 0.2) is 0 Å². The van der Waals surface area contributed by atoms with Crippen LogP contribution in [0.4, 0.5) is 5.69 Å². The van der Waals surface area contributed by atoms with Gasteiger partial charge < -0.3 is 10.2 Å². The molecule has 0 saturated carbocycles. The van der Waals surface area contributed by atoms with Crippen LogP contribution in [-0.2, 0) is 12.8 Å². The molecule has 0 atom stereocenters. The summed E-state index contributed by atoms with van der Waals surface area (Å²) in [6.45, 7) is 14.0. The van der Waals surface area contributed by atoms with E-state index in [-0.39, 0.29) is 0 Å². The van der Waals surface area contributed by atoms with Crippen LogP contribution in [0.5, 0.6) is 0 Å². The molecule has 3 rings (SSSR count). The van der Waals surface area contributed by atoms with Crippen LogP contribution in [0.1, 0.15) is 71.1 Å². The van der Waals surface area contributed by atoms with Crippen molar-refractivity contribution in [3.8, 4) is 0 Å². The first-order valence-electron chi connectivity index (χ1n) is 11.9. The normalized spacial score (nSPS) is 14.2. The van der Waals surface area contributed by atoms with Crippen LogP contribution in [0.3, 0.4) is 0 Å². The van der Waals surface area contributed by atoms with Gasteiger partial charge in [0.2, 0.25) is 0 Å². The first-order chi connectivity index (χ1) is 14.0. The minimum Gasteiger partial charge on any atom is -0.384 e. The molecule has 160 valence electrons. The Kier molecular flexibility index (Phi) is 8.35. The Bertz CT molecular complexity index is 754. The van der Waals surface area contributed by atoms with Gasteiger partial charge in [0.05, 0.1) is 5.52 Å². The molecule has 0 fully saturated rings. The Morgan fingerprint density at radius 2 is 1.62 bits per heavy atom. The number of hydrogen-bond acceptors (Lipinski definition) is 3. The average Bonchev–Trinajstić information content (AvgIpc) is 2.71. The van der Waals surface area contributed by atoms with Gasteiger partial charge in [-0.1, -0.05) is 45.9 Å². The van der Waals surface area contributed by atoms with Crippen LogP contribution in [0.15, 0.2) is 24.3 Å².